The third kappa shape index (κ3) is 13.3. The van der Waals surface area contributed by atoms with Gasteiger partial charge in [-0.3, -0.25) is 24.0 Å². The molecule has 4 fully saturated rings. The fourth-order valence-electron chi connectivity index (χ4n) is 9.52. The minimum atomic E-state index is -1.93. The number of benzene rings is 2. The zero-order chi connectivity index (χ0) is 52.1. The first-order valence-electron chi connectivity index (χ1n) is 25.4. The number of halogens is 2. The molecular formula is C53H68ClFN10O6S2. The van der Waals surface area contributed by atoms with Crippen LogP contribution in [0.3, 0.4) is 0 Å². The first kappa shape index (κ1) is 53.9. The van der Waals surface area contributed by atoms with E-state index in [9.17, 15) is 28.4 Å². The largest absolute Gasteiger partial charge is 0.493 e. The number of aromatic nitrogens is 3. The maximum absolute atomic E-state index is 14.7. The zero-order valence-electron chi connectivity index (χ0n) is 42.4. The van der Waals surface area contributed by atoms with Gasteiger partial charge < -0.3 is 41.1 Å². The average molecular weight is 1060 g/mol. The molecule has 2 aromatic carbocycles. The normalized spacial score (nSPS) is 19.0. The Morgan fingerprint density at radius 2 is 1.73 bits per heavy atom. The lowest BCUT2D eigenvalue weighted by Gasteiger charge is -2.39. The lowest BCUT2D eigenvalue weighted by molar-refractivity contribution is -0.144. The highest BCUT2D eigenvalue weighted by Crippen LogP contribution is 2.41. The lowest BCUT2D eigenvalue weighted by Crippen LogP contribution is -2.58. The molecule has 4 aromatic rings. The Morgan fingerprint density at radius 1 is 0.973 bits per heavy atom. The molecule has 0 radical (unpaired) electrons. The topological polar surface area (TPSA) is 205 Å². The molecule has 3 aliphatic heterocycles. The van der Waals surface area contributed by atoms with Crippen molar-refractivity contribution in [1.82, 2.24) is 35.4 Å². The predicted octanol–water partition coefficient (Wildman–Crippen LogP) is 7.95. The van der Waals surface area contributed by atoms with E-state index < -0.39 is 35.0 Å². The fourth-order valence-corrected chi connectivity index (χ4v) is 11.4. The molecule has 2 aromatic heterocycles. The van der Waals surface area contributed by atoms with E-state index in [4.69, 9.17) is 22.1 Å². The summed E-state index contributed by atoms with van der Waals surface area (Å²) in [6.45, 7) is 14.0. The second kappa shape index (κ2) is 23.0. The summed E-state index contributed by atoms with van der Waals surface area (Å²) in [5, 5.41) is 9.65. The van der Waals surface area contributed by atoms with Crippen molar-refractivity contribution in [1.29, 1.82) is 0 Å². The number of ether oxygens (including phenoxy) is 1. The summed E-state index contributed by atoms with van der Waals surface area (Å²) in [6.07, 6.45) is 8.37. The standard InChI is InChI=1S/C53H68ClFN10O6S2/c1-33-46(72-32-60-33)35-11-12-36(27-59-48(68)38-9-7-21-65(38)49(69)47(51(2,3)4)62-50(70)53(55)17-18-53)39(26-35)71-30-34-15-22-64(23-16-34)44(67)14-13-42(66)61-37-8-6-10-40(45(37)54)73-43-29-57-41(28-58-43)63-24-19-52(5,31-56)20-25-63/h6,8,10-12,26,28-29,32,34,38,47H,7,9,13-25,27,30-31,56H2,1-5H3,(H,59,68)(H,61,66)(H,62,70)/t38-,47+/m0/s1. The summed E-state index contributed by atoms with van der Waals surface area (Å²) in [5.74, 6) is -0.300. The minimum Gasteiger partial charge on any atom is -0.493 e. The van der Waals surface area contributed by atoms with Crippen LogP contribution in [0.5, 0.6) is 5.75 Å². The van der Waals surface area contributed by atoms with Crippen LogP contribution in [-0.2, 0) is 30.5 Å². The SMILES string of the molecule is Cc1ncsc1-c1ccc(CNC(=O)[C@@H]2CCCN2C(=O)[C@@H](NC(=O)C2(F)CC2)C(C)(C)C)c(OCC2CCN(C(=O)CCC(=O)Nc3cccc(Sc4cnc(N5CCC(C)(CN)CC5)cn4)c3Cl)CC2)c1. The number of rotatable bonds is 18. The van der Waals surface area contributed by atoms with Crippen molar-refractivity contribution in [3.63, 3.8) is 0 Å². The lowest BCUT2D eigenvalue weighted by atomic mass is 9.80. The number of thiazole rings is 1. The number of hydrogen-bond donors (Lipinski definition) is 4. The predicted molar refractivity (Wildman–Crippen MR) is 282 cm³/mol. The fraction of sp³-hybridized carbons (Fsp3) is 0.547. The second-order valence-corrected chi connectivity index (χ2v) is 23.6. The Kier molecular flexibility index (Phi) is 17.0. The van der Waals surface area contributed by atoms with Crippen molar-refractivity contribution in [2.45, 2.75) is 133 Å². The number of piperidine rings is 2. The smallest absolute Gasteiger partial charge is 0.258 e. The number of carbonyl (C=O) groups excluding carboxylic acids is 5. The maximum atomic E-state index is 14.7. The van der Waals surface area contributed by atoms with E-state index in [-0.39, 0.29) is 61.3 Å². The van der Waals surface area contributed by atoms with Crippen LogP contribution in [0.15, 0.2) is 64.2 Å². The summed E-state index contributed by atoms with van der Waals surface area (Å²) in [7, 11) is 0. The zero-order valence-corrected chi connectivity index (χ0v) is 44.8. The summed E-state index contributed by atoms with van der Waals surface area (Å²) in [6, 6.07) is 9.55. The van der Waals surface area contributed by atoms with Gasteiger partial charge in [-0.25, -0.2) is 19.3 Å². The van der Waals surface area contributed by atoms with Gasteiger partial charge in [0, 0.05) is 62.6 Å². The number of aryl methyl sites for hydroxylation is 1. The van der Waals surface area contributed by atoms with Crippen molar-refractivity contribution in [3.8, 4) is 16.2 Å². The van der Waals surface area contributed by atoms with Gasteiger partial charge in [-0.05, 0) is 105 Å². The van der Waals surface area contributed by atoms with Crippen LogP contribution in [0.1, 0.15) is 103 Å². The van der Waals surface area contributed by atoms with Gasteiger partial charge in [0.15, 0.2) is 5.67 Å². The number of nitrogens with zero attached hydrogens (tertiary/aromatic N) is 6. The third-order valence-corrected chi connectivity index (χ3v) is 17.2. The maximum Gasteiger partial charge on any atom is 0.258 e. The Hall–Kier alpha value is -5.37. The van der Waals surface area contributed by atoms with Crippen LogP contribution < -0.4 is 31.3 Å². The van der Waals surface area contributed by atoms with E-state index in [0.717, 1.165) is 58.3 Å². The molecule has 8 rings (SSSR count). The highest BCUT2D eigenvalue weighted by atomic mass is 35.5. The average Bonchev–Trinajstić information content (AvgIpc) is 3.70. The number of amides is 5. The molecule has 5 N–H and O–H groups in total. The van der Waals surface area contributed by atoms with Gasteiger partial charge in [0.05, 0.1) is 45.8 Å². The molecular weight excluding hydrogens is 991 g/mol. The van der Waals surface area contributed by atoms with E-state index in [1.807, 2.05) is 58.0 Å². The van der Waals surface area contributed by atoms with E-state index >= 15 is 0 Å². The molecule has 2 atom stereocenters. The molecule has 3 saturated heterocycles. The number of nitrogens with one attached hydrogen (secondary N) is 3. The van der Waals surface area contributed by atoms with E-state index in [1.54, 1.807) is 28.9 Å². The van der Waals surface area contributed by atoms with Gasteiger partial charge >= 0.3 is 0 Å². The van der Waals surface area contributed by atoms with Crippen LogP contribution in [0.4, 0.5) is 15.9 Å². The number of carbonyl (C=O) groups is 5. The highest BCUT2D eigenvalue weighted by Gasteiger charge is 2.53. The van der Waals surface area contributed by atoms with Crippen LogP contribution in [0, 0.1) is 23.7 Å². The highest BCUT2D eigenvalue weighted by molar-refractivity contribution is 7.99. The molecule has 1 saturated carbocycles. The molecule has 392 valence electrons. The van der Waals surface area contributed by atoms with Crippen LogP contribution >= 0.6 is 34.7 Å². The van der Waals surface area contributed by atoms with Gasteiger partial charge in [0.25, 0.3) is 5.91 Å². The third-order valence-electron chi connectivity index (χ3n) is 14.7. The molecule has 0 spiro atoms. The van der Waals surface area contributed by atoms with Gasteiger partial charge in [0.1, 0.15) is 28.7 Å². The summed E-state index contributed by atoms with van der Waals surface area (Å²) in [4.78, 5) is 88.0. The molecule has 73 heavy (non-hydrogen) atoms. The van der Waals surface area contributed by atoms with Gasteiger partial charge in [-0.1, -0.05) is 69.3 Å². The quantitative estimate of drug-likeness (QED) is 0.0750. The van der Waals surface area contributed by atoms with Crippen molar-refractivity contribution in [2.24, 2.45) is 22.5 Å². The molecule has 20 heteroatoms. The monoisotopic (exact) mass is 1060 g/mol. The number of alkyl halides is 1. The number of likely N-dealkylation sites (tertiary alicyclic amines) is 2. The van der Waals surface area contributed by atoms with Crippen LogP contribution in [0.25, 0.3) is 10.4 Å². The van der Waals surface area contributed by atoms with Crippen LogP contribution in [-0.4, -0.2) is 118 Å². The molecule has 5 heterocycles. The van der Waals surface area contributed by atoms with Crippen molar-refractivity contribution >= 4 is 75.7 Å². The molecule has 0 unspecified atom stereocenters. The molecule has 4 aliphatic rings. The summed E-state index contributed by atoms with van der Waals surface area (Å²) in [5.41, 5.74) is 8.35. The van der Waals surface area contributed by atoms with Crippen LogP contribution in [0.2, 0.25) is 5.02 Å². The van der Waals surface area contributed by atoms with Crippen molar-refractivity contribution in [2.75, 3.05) is 56.1 Å². The Morgan fingerprint density at radius 3 is 2.38 bits per heavy atom. The molecule has 1 aliphatic carbocycles. The molecule has 5 amide bonds. The molecule has 16 nitrogen and oxygen atoms in total. The Balaban J connectivity index is 0.808. The number of hydrogen-bond acceptors (Lipinski definition) is 13. The first-order valence-corrected chi connectivity index (χ1v) is 27.5. The number of nitrogens with two attached hydrogens (primary N) is 1. The first-order chi connectivity index (χ1) is 34.8. The summed E-state index contributed by atoms with van der Waals surface area (Å²) >= 11 is 9.67. The van der Waals surface area contributed by atoms with Gasteiger partial charge in [0.2, 0.25) is 23.6 Å². The second-order valence-electron chi connectivity index (χ2n) is 21.4. The van der Waals surface area contributed by atoms with E-state index in [1.165, 1.54) is 28.0 Å². The molecule has 0 bridgehead atoms. The minimum absolute atomic E-state index is 0.00407. The van der Waals surface area contributed by atoms with Gasteiger partial charge in [-0.15, -0.1) is 11.3 Å². The van der Waals surface area contributed by atoms with Gasteiger partial charge in [-0.2, -0.15) is 0 Å². The van der Waals surface area contributed by atoms with E-state index in [0.29, 0.717) is 80.0 Å². The van der Waals surface area contributed by atoms with Crippen molar-refractivity contribution < 1.29 is 33.1 Å². The Bertz CT molecular complexity index is 2650. The van der Waals surface area contributed by atoms with E-state index in [2.05, 4.69) is 42.7 Å². The Labute approximate surface area is 440 Å². The summed E-state index contributed by atoms with van der Waals surface area (Å²) < 4.78 is 21.2. The number of anilines is 2. The van der Waals surface area contributed by atoms with Crippen molar-refractivity contribution in [3.05, 3.63) is 70.6 Å².